The van der Waals surface area contributed by atoms with Crippen LogP contribution >= 0.6 is 19.3 Å². The molecule has 1 aliphatic rings. The molecule has 8 nitrogen and oxygen atoms in total. The smallest absolute Gasteiger partial charge is 0.548 e. The average molecular weight is 408 g/mol. The van der Waals surface area contributed by atoms with Gasteiger partial charge in [-0.15, -0.1) is 11.8 Å². The Morgan fingerprint density at radius 1 is 1.37 bits per heavy atom. The van der Waals surface area contributed by atoms with Gasteiger partial charge in [0.2, 0.25) is 0 Å². The monoisotopic (exact) mass is 408 g/mol. The van der Waals surface area contributed by atoms with Gasteiger partial charge in [-0.2, -0.15) is 0 Å². The maximum atomic E-state index is 13.1. The van der Waals surface area contributed by atoms with Crippen molar-refractivity contribution >= 4 is 31.3 Å². The molecular weight excluding hydrogens is 386 g/mol. The Morgan fingerprint density at radius 2 is 2.00 bits per heavy atom. The molecule has 0 spiro atoms. The summed E-state index contributed by atoms with van der Waals surface area (Å²) in [7, 11) is -2.39. The molecule has 1 aromatic carbocycles. The molecule has 144 valence electrons. The minimum Gasteiger partial charge on any atom is -0.548 e. The summed E-state index contributed by atoms with van der Waals surface area (Å²) >= 11 is 1.34. The number of aliphatic carboxylic acids is 1. The Kier molecular flexibility index (Phi) is 8.94. The van der Waals surface area contributed by atoms with Gasteiger partial charge in [0.25, 0.3) is 7.52 Å². The Morgan fingerprint density at radius 3 is 2.56 bits per heavy atom. The maximum Gasteiger partial charge on any atom is 1.00 e. The van der Waals surface area contributed by atoms with E-state index in [4.69, 9.17) is 9.26 Å². The van der Waals surface area contributed by atoms with E-state index in [2.05, 4.69) is 5.32 Å². The Hall–Kier alpha value is -0.943. The second-order valence-electron chi connectivity index (χ2n) is 6.25. The Balaban J connectivity index is 0.00000364. The molecule has 1 aliphatic heterocycles. The number of benzene rings is 1. The molecule has 1 N–H and O–H groups in total. The van der Waals surface area contributed by atoms with Crippen molar-refractivity contribution in [2.24, 2.45) is 0 Å². The van der Waals surface area contributed by atoms with E-state index in [-0.39, 0.29) is 37.6 Å². The number of carbonyl (C=O) groups is 2. The van der Waals surface area contributed by atoms with Gasteiger partial charge in [-0.05, 0) is 19.4 Å². The van der Waals surface area contributed by atoms with E-state index in [1.165, 1.54) is 23.5 Å². The van der Waals surface area contributed by atoms with Crippen molar-refractivity contribution in [3.63, 3.8) is 0 Å². The summed E-state index contributed by atoms with van der Waals surface area (Å²) in [5.41, 5.74) is 0.812. The third kappa shape index (κ3) is 6.02. The number of alkyl carbamates (subject to hydrolysis) is 1. The molecular formula is C16H22LiN2O6PS. The van der Waals surface area contributed by atoms with Crippen molar-refractivity contribution in [1.82, 2.24) is 9.99 Å². The van der Waals surface area contributed by atoms with Gasteiger partial charge in [-0.25, -0.2) is 9.46 Å². The molecule has 0 aliphatic carbocycles. The van der Waals surface area contributed by atoms with E-state index < -0.39 is 30.4 Å². The van der Waals surface area contributed by atoms with Crippen LogP contribution in [0.5, 0.6) is 0 Å². The number of hydrogen-bond acceptors (Lipinski definition) is 7. The summed E-state index contributed by atoms with van der Waals surface area (Å²) in [4.78, 5) is 23.4. The normalized spacial score (nSPS) is 20.9. The predicted molar refractivity (Wildman–Crippen MR) is 96.4 cm³/mol. The van der Waals surface area contributed by atoms with Gasteiger partial charge in [0.1, 0.15) is 12.9 Å². The van der Waals surface area contributed by atoms with Crippen LogP contribution in [0.15, 0.2) is 30.3 Å². The topological polar surface area (TPSA) is 108 Å². The van der Waals surface area contributed by atoms with Crippen LogP contribution < -0.4 is 29.3 Å². The number of amides is 1. The Labute approximate surface area is 175 Å². The molecule has 11 heteroatoms. The molecule has 1 heterocycles. The molecule has 1 aromatic rings. The summed E-state index contributed by atoms with van der Waals surface area (Å²) < 4.78 is 23.8. The van der Waals surface area contributed by atoms with Crippen molar-refractivity contribution in [1.29, 1.82) is 0 Å². The fourth-order valence-corrected chi connectivity index (χ4v) is 6.15. The van der Waals surface area contributed by atoms with E-state index >= 15 is 0 Å². The van der Waals surface area contributed by atoms with Gasteiger partial charge in [0, 0.05) is 11.9 Å². The molecule has 2 atom stereocenters. The third-order valence-corrected chi connectivity index (χ3v) is 7.91. The molecule has 0 saturated carbocycles. The Bertz CT molecular complexity index is 705. The number of thioether (sulfide) groups is 1. The summed E-state index contributed by atoms with van der Waals surface area (Å²) in [5, 5.41) is 13.9. The first-order valence-corrected chi connectivity index (χ1v) is 10.7. The first-order chi connectivity index (χ1) is 12.2. The quantitative estimate of drug-likeness (QED) is 0.435. The largest absolute Gasteiger partial charge is 1.00 e. The summed E-state index contributed by atoms with van der Waals surface area (Å²) in [6, 6.07) is 8.01. The molecule has 27 heavy (non-hydrogen) atoms. The molecule has 0 bridgehead atoms. The fourth-order valence-electron chi connectivity index (χ4n) is 2.61. The van der Waals surface area contributed by atoms with E-state index in [9.17, 15) is 19.3 Å². The second kappa shape index (κ2) is 10.0. The number of carboxylic acid groups (broad SMARTS) is 1. The number of carbonyl (C=O) groups excluding carboxylic acids is 2. The summed E-state index contributed by atoms with van der Waals surface area (Å²) in [6.07, 6.45) is -1.13. The predicted octanol–water partition coefficient (Wildman–Crippen LogP) is -1.38. The molecule has 1 amide bonds. The number of nitrogens with one attached hydrogen (secondary N) is 1. The maximum absolute atomic E-state index is 13.1. The fraction of sp³-hybridized carbons (Fsp3) is 0.500. The van der Waals surface area contributed by atoms with Crippen LogP contribution in [0.2, 0.25) is 0 Å². The van der Waals surface area contributed by atoms with Gasteiger partial charge in [0.15, 0.2) is 0 Å². The van der Waals surface area contributed by atoms with Gasteiger partial charge in [-0.3, -0.25) is 4.57 Å². The molecule has 0 radical (unpaired) electrons. The van der Waals surface area contributed by atoms with Gasteiger partial charge >= 0.3 is 25.0 Å². The zero-order valence-corrected chi connectivity index (χ0v) is 17.5. The van der Waals surface area contributed by atoms with E-state index in [0.29, 0.717) is 0 Å². The number of ether oxygens (including phenoxy) is 1. The van der Waals surface area contributed by atoms with Crippen molar-refractivity contribution in [3.8, 4) is 0 Å². The SMILES string of the molecule is COP(=O)(CNC(=O)OCc1ccccc1)N1CSC(C)(C)[C@@H]1C(=O)[O-].[Li+]. The van der Waals surface area contributed by atoms with Crippen LogP contribution in [-0.4, -0.2) is 46.8 Å². The van der Waals surface area contributed by atoms with Gasteiger partial charge in [0.05, 0.1) is 17.9 Å². The summed E-state index contributed by atoms with van der Waals surface area (Å²) in [5.74, 6) is -1.14. The zero-order valence-electron chi connectivity index (χ0n) is 15.8. The van der Waals surface area contributed by atoms with Crippen LogP contribution in [0.25, 0.3) is 0 Å². The van der Waals surface area contributed by atoms with E-state index in [1.807, 2.05) is 18.2 Å². The van der Waals surface area contributed by atoms with Crippen LogP contribution in [0.3, 0.4) is 0 Å². The number of hydrogen-bond donors (Lipinski definition) is 1. The average Bonchev–Trinajstić information content (AvgIpc) is 2.94. The number of nitrogens with zero attached hydrogens (tertiary/aromatic N) is 1. The van der Waals surface area contributed by atoms with Crippen LogP contribution in [0.1, 0.15) is 19.4 Å². The first-order valence-electron chi connectivity index (χ1n) is 7.91. The van der Waals surface area contributed by atoms with Crippen molar-refractivity contribution < 1.29 is 47.4 Å². The number of rotatable bonds is 7. The minimum atomic E-state index is -3.61. The standard InChI is InChI=1S/C16H23N2O6PS.Li/c1-16(2)13(14(19)20)18(11-26-16)25(22,23-3)10-17-15(21)24-9-12-7-5-4-6-8-12;/h4-8,13H,9-11H2,1-3H3,(H,17,21)(H,19,20);/q;+1/p-1/t13-,25?;/m0./s1. The molecule has 1 unspecified atom stereocenters. The summed E-state index contributed by atoms with van der Waals surface area (Å²) in [6.45, 7) is 3.54. The second-order valence-corrected chi connectivity index (χ2v) is 10.3. The third-order valence-electron chi connectivity index (χ3n) is 4.06. The number of carboxylic acids is 1. The van der Waals surface area contributed by atoms with Crippen LogP contribution in [-0.2, 0) is 25.2 Å². The van der Waals surface area contributed by atoms with Crippen LogP contribution in [0, 0.1) is 0 Å². The molecule has 1 fully saturated rings. The van der Waals surface area contributed by atoms with Crippen molar-refractivity contribution in [3.05, 3.63) is 35.9 Å². The van der Waals surface area contributed by atoms with Gasteiger partial charge < -0.3 is 24.5 Å². The van der Waals surface area contributed by atoms with E-state index in [0.717, 1.165) is 5.56 Å². The first kappa shape index (κ1) is 24.1. The zero-order chi connectivity index (χ0) is 19.4. The molecule has 1 saturated heterocycles. The van der Waals surface area contributed by atoms with Gasteiger partial charge in [-0.1, -0.05) is 30.3 Å². The van der Waals surface area contributed by atoms with Crippen molar-refractivity contribution in [2.45, 2.75) is 31.2 Å². The molecule has 0 aromatic heterocycles. The van der Waals surface area contributed by atoms with E-state index in [1.54, 1.807) is 26.0 Å². The van der Waals surface area contributed by atoms with Crippen LogP contribution in [0.4, 0.5) is 4.79 Å². The molecule has 2 rings (SSSR count). The van der Waals surface area contributed by atoms with Crippen molar-refractivity contribution in [2.75, 3.05) is 19.3 Å². The minimum absolute atomic E-state index is 0.